The number of para-hydroxylation sites is 1. The highest BCUT2D eigenvalue weighted by atomic mass is 16.3. The van der Waals surface area contributed by atoms with Gasteiger partial charge in [0.15, 0.2) is 11.5 Å². The number of tetrazole rings is 1. The van der Waals surface area contributed by atoms with E-state index >= 15 is 0 Å². The van der Waals surface area contributed by atoms with E-state index in [9.17, 15) is 15.0 Å². The van der Waals surface area contributed by atoms with Crippen LogP contribution in [0.4, 0.5) is 0 Å². The maximum Gasteiger partial charge on any atom is 0.263 e. The molecule has 1 heterocycles. The number of rotatable bonds is 5. The Morgan fingerprint density at radius 3 is 2.76 bits per heavy atom. The Morgan fingerprint density at radius 1 is 1.16 bits per heavy atom. The molecule has 0 bridgehead atoms. The van der Waals surface area contributed by atoms with Gasteiger partial charge in [-0.3, -0.25) is 4.79 Å². The number of carbonyl (C=O) groups excluding carboxylic acids is 1. The van der Waals surface area contributed by atoms with Crippen LogP contribution in [0, 0.1) is 0 Å². The van der Waals surface area contributed by atoms with E-state index in [2.05, 4.69) is 25.9 Å². The quantitative estimate of drug-likeness (QED) is 0.360. The fourth-order valence-electron chi connectivity index (χ4n) is 2.00. The lowest BCUT2D eigenvalue weighted by molar-refractivity contribution is -0.122. The molecule has 9 nitrogen and oxygen atoms in total. The molecule has 25 heavy (non-hydrogen) atoms. The van der Waals surface area contributed by atoms with Crippen molar-refractivity contribution in [3.63, 3.8) is 0 Å². The number of phenols is 2. The molecule has 2 aromatic carbocycles. The van der Waals surface area contributed by atoms with Crippen molar-refractivity contribution in [1.29, 1.82) is 0 Å². The van der Waals surface area contributed by atoms with E-state index in [0.717, 1.165) is 10.4 Å². The number of aromatic hydroxyl groups is 2. The van der Waals surface area contributed by atoms with Gasteiger partial charge in [0.2, 0.25) is 5.82 Å². The molecule has 9 heteroatoms. The Bertz CT molecular complexity index is 907. The van der Waals surface area contributed by atoms with Crippen LogP contribution in [0.15, 0.2) is 53.6 Å². The van der Waals surface area contributed by atoms with Gasteiger partial charge in [-0.1, -0.05) is 36.4 Å². The molecule has 0 aliphatic rings. The number of nitrogens with one attached hydrogen (secondary N) is 1. The predicted molar refractivity (Wildman–Crippen MR) is 88.8 cm³/mol. The van der Waals surface area contributed by atoms with Crippen molar-refractivity contribution in [3.8, 4) is 22.9 Å². The second kappa shape index (κ2) is 7.21. The number of carbonyl (C=O) groups is 1. The standard InChI is InChI=1S/C16H14N6O3/c23-13-8-4-7-12(15(13)25)9-17-18-14(24)10-22-20-16(19-21-22)11-5-2-1-3-6-11/h1-9,23,25H,10H2,(H,18,24)/b17-9+. The van der Waals surface area contributed by atoms with Crippen molar-refractivity contribution in [1.82, 2.24) is 25.6 Å². The summed E-state index contributed by atoms with van der Waals surface area (Å²) in [5.41, 5.74) is 3.35. The predicted octanol–water partition coefficient (Wildman–Crippen LogP) is 0.902. The van der Waals surface area contributed by atoms with Crippen LogP contribution in [0.5, 0.6) is 11.5 Å². The van der Waals surface area contributed by atoms with Crippen LogP contribution < -0.4 is 5.43 Å². The van der Waals surface area contributed by atoms with Gasteiger partial charge >= 0.3 is 0 Å². The molecule has 0 unspecified atom stereocenters. The molecule has 3 N–H and O–H groups in total. The van der Waals surface area contributed by atoms with Crippen molar-refractivity contribution in [2.75, 3.05) is 0 Å². The fourth-order valence-corrected chi connectivity index (χ4v) is 2.00. The average molecular weight is 338 g/mol. The van der Waals surface area contributed by atoms with Gasteiger partial charge in [0.05, 0.1) is 6.21 Å². The van der Waals surface area contributed by atoms with Crippen molar-refractivity contribution in [3.05, 3.63) is 54.1 Å². The number of hydrogen-bond acceptors (Lipinski definition) is 7. The number of hydrazone groups is 1. The zero-order valence-electron chi connectivity index (χ0n) is 12.9. The van der Waals surface area contributed by atoms with Crippen molar-refractivity contribution in [2.24, 2.45) is 5.10 Å². The Hall–Kier alpha value is -3.75. The van der Waals surface area contributed by atoms with Crippen LogP contribution in [-0.2, 0) is 11.3 Å². The van der Waals surface area contributed by atoms with Crippen LogP contribution in [0.25, 0.3) is 11.4 Å². The summed E-state index contributed by atoms with van der Waals surface area (Å²) in [6.07, 6.45) is 1.22. The largest absolute Gasteiger partial charge is 0.504 e. The summed E-state index contributed by atoms with van der Waals surface area (Å²) in [6, 6.07) is 13.7. The number of benzene rings is 2. The first kappa shape index (κ1) is 16.1. The molecule has 3 aromatic rings. The highest BCUT2D eigenvalue weighted by Gasteiger charge is 2.08. The molecule has 126 valence electrons. The zero-order valence-corrected chi connectivity index (χ0v) is 12.9. The van der Waals surface area contributed by atoms with Crippen molar-refractivity contribution < 1.29 is 15.0 Å². The third kappa shape index (κ3) is 3.96. The summed E-state index contributed by atoms with van der Waals surface area (Å²) in [5, 5.41) is 34.5. The van der Waals surface area contributed by atoms with Crippen LogP contribution in [-0.4, -0.2) is 42.5 Å². The maximum atomic E-state index is 11.8. The molecule has 3 rings (SSSR count). The smallest absolute Gasteiger partial charge is 0.263 e. The summed E-state index contributed by atoms with van der Waals surface area (Å²) in [4.78, 5) is 13.0. The summed E-state index contributed by atoms with van der Waals surface area (Å²) in [5.74, 6) is -0.629. The van der Waals surface area contributed by atoms with E-state index in [0.29, 0.717) is 5.82 Å². The lowest BCUT2D eigenvalue weighted by Gasteiger charge is -2.01. The van der Waals surface area contributed by atoms with Gasteiger partial charge < -0.3 is 10.2 Å². The number of hydrogen-bond donors (Lipinski definition) is 3. The van der Waals surface area contributed by atoms with E-state index in [4.69, 9.17) is 0 Å². The first-order chi connectivity index (χ1) is 12.1. The minimum atomic E-state index is -0.465. The third-order valence-electron chi connectivity index (χ3n) is 3.21. The monoisotopic (exact) mass is 338 g/mol. The molecular formula is C16H14N6O3. The van der Waals surface area contributed by atoms with E-state index in [1.54, 1.807) is 6.07 Å². The van der Waals surface area contributed by atoms with Gasteiger partial charge in [-0.05, 0) is 17.3 Å². The summed E-state index contributed by atoms with van der Waals surface area (Å²) < 4.78 is 0. The third-order valence-corrected chi connectivity index (χ3v) is 3.21. The lowest BCUT2D eigenvalue weighted by Crippen LogP contribution is -2.24. The average Bonchev–Trinajstić information content (AvgIpc) is 3.08. The molecule has 0 aliphatic heterocycles. The van der Waals surface area contributed by atoms with E-state index in [1.807, 2.05) is 30.3 Å². The van der Waals surface area contributed by atoms with E-state index in [1.165, 1.54) is 18.3 Å². The molecule has 0 radical (unpaired) electrons. The lowest BCUT2D eigenvalue weighted by atomic mass is 10.2. The first-order valence-corrected chi connectivity index (χ1v) is 7.29. The molecular weight excluding hydrogens is 324 g/mol. The second-order valence-electron chi connectivity index (χ2n) is 5.02. The van der Waals surface area contributed by atoms with Crippen LogP contribution in [0.1, 0.15) is 5.56 Å². The van der Waals surface area contributed by atoms with Gasteiger partial charge in [0, 0.05) is 11.1 Å². The van der Waals surface area contributed by atoms with Gasteiger partial charge in [0.25, 0.3) is 5.91 Å². The Labute approximate surface area is 142 Å². The molecule has 0 atom stereocenters. The van der Waals surface area contributed by atoms with Gasteiger partial charge in [-0.15, -0.1) is 10.2 Å². The molecule has 1 aromatic heterocycles. The fraction of sp³-hybridized carbons (Fsp3) is 0.0625. The number of aromatic nitrogens is 4. The highest BCUT2D eigenvalue weighted by Crippen LogP contribution is 2.26. The summed E-state index contributed by atoms with van der Waals surface area (Å²) in [6.45, 7) is -0.163. The Balaban J connectivity index is 1.59. The minimum absolute atomic E-state index is 0.163. The first-order valence-electron chi connectivity index (χ1n) is 7.29. The van der Waals surface area contributed by atoms with Gasteiger partial charge in [-0.2, -0.15) is 9.90 Å². The van der Waals surface area contributed by atoms with Gasteiger partial charge in [-0.25, -0.2) is 5.43 Å². The van der Waals surface area contributed by atoms with Gasteiger partial charge in [0.1, 0.15) is 6.54 Å². The van der Waals surface area contributed by atoms with E-state index < -0.39 is 5.91 Å². The molecule has 0 aliphatic carbocycles. The molecule has 0 saturated heterocycles. The zero-order chi connectivity index (χ0) is 17.6. The number of nitrogens with zero attached hydrogens (tertiary/aromatic N) is 5. The minimum Gasteiger partial charge on any atom is -0.504 e. The molecule has 1 amide bonds. The molecule has 0 fully saturated rings. The van der Waals surface area contributed by atoms with Crippen LogP contribution in [0.3, 0.4) is 0 Å². The summed E-state index contributed by atoms with van der Waals surface area (Å²) >= 11 is 0. The highest BCUT2D eigenvalue weighted by molar-refractivity contribution is 5.86. The second-order valence-corrected chi connectivity index (χ2v) is 5.02. The molecule has 0 saturated carbocycles. The van der Waals surface area contributed by atoms with Crippen LogP contribution in [0.2, 0.25) is 0 Å². The Morgan fingerprint density at radius 2 is 1.96 bits per heavy atom. The Kier molecular flexibility index (Phi) is 4.65. The SMILES string of the molecule is O=C(Cn1nnc(-c2ccccc2)n1)N/N=C/c1cccc(O)c1O. The van der Waals surface area contributed by atoms with Crippen molar-refractivity contribution >= 4 is 12.1 Å². The summed E-state index contributed by atoms with van der Waals surface area (Å²) in [7, 11) is 0. The van der Waals surface area contributed by atoms with Crippen molar-refractivity contribution in [2.45, 2.75) is 6.54 Å². The topological polar surface area (TPSA) is 126 Å². The molecule has 0 spiro atoms. The number of amides is 1. The normalized spacial score (nSPS) is 10.9. The maximum absolute atomic E-state index is 11.8. The van der Waals surface area contributed by atoms with E-state index in [-0.39, 0.29) is 23.6 Å². The van der Waals surface area contributed by atoms with Crippen LogP contribution >= 0.6 is 0 Å². The number of phenolic OH excluding ortho intramolecular Hbond substituents is 2.